The first kappa shape index (κ1) is 28.7. The van der Waals surface area contributed by atoms with Gasteiger partial charge in [0.25, 0.3) is 6.07 Å². The molecule has 40 heavy (non-hydrogen) atoms. The molecule has 0 spiro atoms. The van der Waals surface area contributed by atoms with Gasteiger partial charge in [0.1, 0.15) is 11.4 Å². The average molecular weight is 544 g/mol. The number of carbonyl (C=O) groups is 1. The molecule has 0 amide bonds. The zero-order valence-electron chi connectivity index (χ0n) is 24.3. The van der Waals surface area contributed by atoms with Crippen LogP contribution >= 0.6 is 0 Å². The van der Waals surface area contributed by atoms with E-state index in [-0.39, 0.29) is 6.61 Å². The van der Waals surface area contributed by atoms with Crippen molar-refractivity contribution in [2.45, 2.75) is 52.7 Å². The summed E-state index contributed by atoms with van der Waals surface area (Å²) in [5.41, 5.74) is 8.82. The minimum Gasteiger partial charge on any atom is -0.462 e. The van der Waals surface area contributed by atoms with Gasteiger partial charge in [-0.2, -0.15) is 5.48 Å². The Bertz CT molecular complexity index is 1440. The number of nitrogens with one attached hydrogen (secondary N) is 1. The van der Waals surface area contributed by atoms with Crippen molar-refractivity contribution in [3.05, 3.63) is 87.8 Å². The van der Waals surface area contributed by atoms with Crippen LogP contribution in [0.15, 0.2) is 88.1 Å². The van der Waals surface area contributed by atoms with Crippen LogP contribution in [0.2, 0.25) is 0 Å². The first-order chi connectivity index (χ1) is 19.4. The second-order valence-electron chi connectivity index (χ2n) is 9.76. The quantitative estimate of drug-likeness (QED) is 0.265. The molecule has 0 bridgehead atoms. The topological polar surface area (TPSA) is 73.5 Å². The van der Waals surface area contributed by atoms with Crippen LogP contribution < -0.4 is 5.48 Å². The third-order valence-electron chi connectivity index (χ3n) is 6.87. The number of allylic oxidation sites excluding steroid dienone is 6. The van der Waals surface area contributed by atoms with Gasteiger partial charge in [0.15, 0.2) is 18.1 Å². The Morgan fingerprint density at radius 1 is 1.35 bits per heavy atom. The number of hydrogen-bond donors (Lipinski definition) is 1. The fourth-order valence-electron chi connectivity index (χ4n) is 5.13. The van der Waals surface area contributed by atoms with Gasteiger partial charge in [0.2, 0.25) is 11.3 Å². The van der Waals surface area contributed by atoms with E-state index in [2.05, 4.69) is 88.5 Å². The SMILES string of the molecule is CC#[N+][C@@]1([N+]2=CCCC=C2C/C=C(\C=C2/NON=C2/C=C\C)C(=O)OCC)C(=C/CN(C)C)/C(=C\C)C2=[N+]1C=C2. The standard InChI is InChI=1S/C31H39N6O3/c1-7-13-27-28(34-40-33-27)22-23(30(38)39-10-4)15-16-24-14-11-12-19-36(24)31(32-9-3)26(17-20-35(5)6)25(8-2)29-18-21-37(29)31/h7-8,13-15,17-19,21-22,34H,10-12,16,20H2,1-6H3/q+3/b13-7-,23-15+,25-8+,26-17+,28-22-/t31-/m1/s1. The van der Waals surface area contributed by atoms with Crippen molar-refractivity contribution in [2.75, 3.05) is 27.2 Å². The molecule has 0 aliphatic carbocycles. The smallest absolute Gasteiger partial charge is 0.462 e. The molecule has 4 aliphatic rings. The van der Waals surface area contributed by atoms with Crippen LogP contribution in [-0.4, -0.2) is 70.7 Å². The highest BCUT2D eigenvalue weighted by atomic mass is 16.8. The van der Waals surface area contributed by atoms with Crippen LogP contribution in [0.25, 0.3) is 4.85 Å². The minimum atomic E-state index is -0.827. The van der Waals surface area contributed by atoms with Crippen molar-refractivity contribution >= 4 is 23.6 Å². The summed E-state index contributed by atoms with van der Waals surface area (Å²) in [6.45, 7) is 8.64. The van der Waals surface area contributed by atoms with E-state index in [9.17, 15) is 4.79 Å². The molecule has 1 atom stereocenters. The summed E-state index contributed by atoms with van der Waals surface area (Å²) < 4.78 is 9.84. The van der Waals surface area contributed by atoms with Crippen LogP contribution in [0.3, 0.4) is 0 Å². The lowest BCUT2D eigenvalue weighted by molar-refractivity contribution is -0.755. The largest absolute Gasteiger partial charge is 0.691 e. The number of oxime groups is 1. The van der Waals surface area contributed by atoms with E-state index in [4.69, 9.17) is 14.5 Å². The van der Waals surface area contributed by atoms with E-state index >= 15 is 0 Å². The highest BCUT2D eigenvalue weighted by Crippen LogP contribution is 2.43. The fourth-order valence-corrected chi connectivity index (χ4v) is 5.13. The number of ether oxygens (including phenoxy) is 1. The molecule has 0 saturated carbocycles. The van der Waals surface area contributed by atoms with Crippen LogP contribution in [0.1, 0.15) is 47.0 Å². The van der Waals surface area contributed by atoms with Crippen LogP contribution in [-0.2, 0) is 14.5 Å². The summed E-state index contributed by atoms with van der Waals surface area (Å²) in [5.74, 6) is -1.23. The Labute approximate surface area is 236 Å². The fraction of sp³-hybridized carbons (Fsp3) is 0.387. The summed E-state index contributed by atoms with van der Waals surface area (Å²) >= 11 is 0. The van der Waals surface area contributed by atoms with Gasteiger partial charge in [-0.1, -0.05) is 32.5 Å². The lowest BCUT2D eigenvalue weighted by Gasteiger charge is -2.15. The molecule has 9 heteroatoms. The normalized spacial score (nSPS) is 24.9. The molecule has 1 N–H and O–H groups in total. The Hall–Kier alpha value is -4.29. The van der Waals surface area contributed by atoms with Gasteiger partial charge < -0.3 is 9.64 Å². The lowest BCUT2D eigenvalue weighted by Crippen LogP contribution is -2.49. The molecule has 0 saturated heterocycles. The molecule has 0 fully saturated rings. The van der Waals surface area contributed by atoms with Gasteiger partial charge in [-0.05, 0) is 65.6 Å². The van der Waals surface area contributed by atoms with Gasteiger partial charge in [0, 0.05) is 13.0 Å². The Balaban J connectivity index is 1.77. The van der Waals surface area contributed by atoms with Crippen LogP contribution in [0.4, 0.5) is 0 Å². The Kier molecular flexibility index (Phi) is 9.12. The number of hydrogen-bond acceptors (Lipinski definition) is 6. The van der Waals surface area contributed by atoms with Gasteiger partial charge in [-0.15, -0.1) is 0 Å². The molecule has 0 radical (unpaired) electrons. The molecule has 208 valence electrons. The third-order valence-corrected chi connectivity index (χ3v) is 6.87. The number of esters is 1. The Morgan fingerprint density at radius 3 is 2.83 bits per heavy atom. The summed E-state index contributed by atoms with van der Waals surface area (Å²) in [5, 5.41) is 3.98. The summed E-state index contributed by atoms with van der Waals surface area (Å²) in [7, 11) is 4.12. The van der Waals surface area contributed by atoms with Gasteiger partial charge in [0.05, 0.1) is 42.0 Å². The Morgan fingerprint density at radius 2 is 2.17 bits per heavy atom. The van der Waals surface area contributed by atoms with E-state index in [1.54, 1.807) is 13.0 Å². The maximum Gasteiger partial charge on any atom is 0.691 e. The van der Waals surface area contributed by atoms with Crippen molar-refractivity contribution in [2.24, 2.45) is 5.16 Å². The van der Waals surface area contributed by atoms with Crippen molar-refractivity contribution in [1.82, 2.24) is 10.4 Å². The molecular weight excluding hydrogens is 504 g/mol. The molecule has 4 aliphatic heterocycles. The zero-order chi connectivity index (χ0) is 28.7. The van der Waals surface area contributed by atoms with Crippen molar-refractivity contribution in [1.29, 1.82) is 0 Å². The second kappa shape index (κ2) is 12.7. The minimum absolute atomic E-state index is 0.276. The molecule has 0 aromatic carbocycles. The number of carbonyl (C=O) groups excluding carboxylic acids is 1. The lowest BCUT2D eigenvalue weighted by atomic mass is 9.97. The monoisotopic (exact) mass is 543 g/mol. The summed E-state index contributed by atoms with van der Waals surface area (Å²) in [6.07, 6.45) is 22.6. The molecule has 9 nitrogen and oxygen atoms in total. The number of nitrogens with zero attached hydrogens (tertiary/aromatic N) is 5. The molecule has 4 heterocycles. The van der Waals surface area contributed by atoms with E-state index in [1.807, 2.05) is 32.1 Å². The summed E-state index contributed by atoms with van der Waals surface area (Å²) in [4.78, 5) is 25.2. The third kappa shape index (κ3) is 5.40. The van der Waals surface area contributed by atoms with Crippen LogP contribution in [0.5, 0.6) is 0 Å². The molecule has 0 unspecified atom stereocenters. The van der Waals surface area contributed by atoms with Gasteiger partial charge in [-0.3, -0.25) is 4.94 Å². The van der Waals surface area contributed by atoms with E-state index in [0.717, 1.165) is 41.9 Å². The predicted octanol–water partition coefficient (Wildman–Crippen LogP) is 4.41. The maximum absolute atomic E-state index is 13.0. The highest BCUT2D eigenvalue weighted by Gasteiger charge is 2.76. The number of likely N-dealkylation sites (N-methyl/N-ethyl adjacent to an activating group) is 1. The number of hydroxylamine groups is 1. The van der Waals surface area contributed by atoms with Crippen LogP contribution in [0, 0.1) is 6.07 Å². The highest BCUT2D eigenvalue weighted by molar-refractivity contribution is 6.12. The van der Waals surface area contributed by atoms with E-state index in [0.29, 0.717) is 23.4 Å². The average Bonchev–Trinajstić information content (AvgIpc) is 3.42. The number of rotatable bonds is 9. The van der Waals surface area contributed by atoms with Gasteiger partial charge >= 0.3 is 11.8 Å². The van der Waals surface area contributed by atoms with E-state index < -0.39 is 11.8 Å². The molecule has 0 aromatic rings. The molecular formula is C31H39N6O3+3. The predicted molar refractivity (Wildman–Crippen MR) is 158 cm³/mol. The zero-order valence-corrected chi connectivity index (χ0v) is 24.3. The second-order valence-corrected chi connectivity index (χ2v) is 9.76. The van der Waals surface area contributed by atoms with E-state index in [1.165, 1.54) is 0 Å². The molecule has 4 rings (SSSR count). The summed E-state index contributed by atoms with van der Waals surface area (Å²) in [6, 6.07) is 3.11. The molecule has 0 aromatic heterocycles. The maximum atomic E-state index is 13.0. The first-order valence-electron chi connectivity index (χ1n) is 13.7. The van der Waals surface area contributed by atoms with Crippen molar-refractivity contribution in [3.8, 4) is 6.07 Å². The van der Waals surface area contributed by atoms with Crippen molar-refractivity contribution < 1.29 is 23.6 Å². The van der Waals surface area contributed by atoms with Crippen molar-refractivity contribution in [3.63, 3.8) is 0 Å². The van der Waals surface area contributed by atoms with Gasteiger partial charge in [-0.25, -0.2) is 4.79 Å². The first-order valence-corrected chi connectivity index (χ1v) is 13.7.